The summed E-state index contributed by atoms with van der Waals surface area (Å²) in [6, 6.07) is 6.98. The number of benzene rings is 1. The Morgan fingerprint density at radius 1 is 1.06 bits per heavy atom. The first-order chi connectivity index (χ1) is 8.58. The monoisotopic (exact) mass is 241 g/mol. The first kappa shape index (κ1) is 12.7. The third-order valence-corrected chi connectivity index (χ3v) is 3.52. The molecular formula is C16H19NO. The van der Waals surface area contributed by atoms with Crippen LogP contribution in [0.2, 0.25) is 0 Å². The van der Waals surface area contributed by atoms with E-state index in [2.05, 4.69) is 25.0 Å². The lowest BCUT2D eigenvalue weighted by molar-refractivity contribution is 0.105. The Hall–Kier alpha value is -1.75. The molecule has 0 saturated carbocycles. The van der Waals surface area contributed by atoms with Crippen LogP contribution in [-0.2, 0) is 0 Å². The van der Waals surface area contributed by atoms with Crippen LogP contribution in [0.4, 0.5) is 0 Å². The van der Waals surface area contributed by atoms with E-state index in [0.29, 0.717) is 0 Å². The molecule has 0 amide bonds. The van der Waals surface area contributed by atoms with E-state index < -0.39 is 0 Å². The van der Waals surface area contributed by atoms with E-state index in [1.54, 1.807) is 0 Å². The smallest absolute Gasteiger partial charge is 0.237 e. The van der Waals surface area contributed by atoms with Crippen LogP contribution < -0.4 is 0 Å². The average Bonchev–Trinajstić information content (AvgIpc) is 2.84. The van der Waals surface area contributed by atoms with Crippen LogP contribution in [-0.4, -0.2) is 23.8 Å². The number of aryl methyl sites for hydroxylation is 3. The van der Waals surface area contributed by atoms with Crippen molar-refractivity contribution in [2.75, 3.05) is 13.1 Å². The highest BCUT2D eigenvalue weighted by molar-refractivity contribution is 6.10. The molecule has 0 N–H and O–H groups in total. The minimum atomic E-state index is -0.0671. The van der Waals surface area contributed by atoms with Gasteiger partial charge in [0.2, 0.25) is 5.78 Å². The van der Waals surface area contributed by atoms with Crippen LogP contribution in [0.15, 0.2) is 12.1 Å². The maximum absolute atomic E-state index is 12.1. The zero-order valence-corrected chi connectivity index (χ0v) is 11.3. The van der Waals surface area contributed by atoms with Gasteiger partial charge in [0, 0.05) is 24.7 Å². The van der Waals surface area contributed by atoms with Crippen molar-refractivity contribution in [2.24, 2.45) is 0 Å². The number of likely N-dealkylation sites (tertiary alicyclic amines) is 1. The van der Waals surface area contributed by atoms with Crippen molar-refractivity contribution >= 4 is 5.78 Å². The second-order valence-corrected chi connectivity index (χ2v) is 5.01. The lowest BCUT2D eigenvalue weighted by atomic mass is 9.98. The minimum Gasteiger partial charge on any atom is -0.332 e. The van der Waals surface area contributed by atoms with E-state index in [1.165, 1.54) is 18.4 Å². The van der Waals surface area contributed by atoms with Gasteiger partial charge >= 0.3 is 0 Å². The molecule has 1 aliphatic rings. The fraction of sp³-hybridized carbons (Fsp3) is 0.438. The van der Waals surface area contributed by atoms with Crippen molar-refractivity contribution in [3.05, 3.63) is 34.4 Å². The number of rotatable bonds is 1. The summed E-state index contributed by atoms with van der Waals surface area (Å²) in [6.07, 6.45) is 2.37. The molecule has 2 rings (SSSR count). The van der Waals surface area contributed by atoms with Crippen LogP contribution in [0, 0.1) is 32.7 Å². The summed E-state index contributed by atoms with van der Waals surface area (Å²) in [5, 5.41) is 0. The van der Waals surface area contributed by atoms with Gasteiger partial charge in [-0.3, -0.25) is 4.79 Å². The average molecular weight is 241 g/mol. The molecule has 1 heterocycles. The first-order valence-electron chi connectivity index (χ1n) is 6.46. The van der Waals surface area contributed by atoms with Gasteiger partial charge in [-0.1, -0.05) is 6.07 Å². The number of ketones is 1. The lowest BCUT2D eigenvalue weighted by Gasteiger charge is -2.07. The van der Waals surface area contributed by atoms with Crippen molar-refractivity contribution in [1.82, 2.24) is 4.90 Å². The van der Waals surface area contributed by atoms with Gasteiger partial charge in [0.25, 0.3) is 0 Å². The predicted octanol–water partition coefficient (Wildman–Crippen LogP) is 2.85. The van der Waals surface area contributed by atoms with E-state index >= 15 is 0 Å². The van der Waals surface area contributed by atoms with Gasteiger partial charge in [-0.2, -0.15) is 0 Å². The molecule has 18 heavy (non-hydrogen) atoms. The molecule has 1 aliphatic heterocycles. The molecule has 1 aromatic carbocycles. The van der Waals surface area contributed by atoms with Crippen LogP contribution in [0.25, 0.3) is 0 Å². The summed E-state index contributed by atoms with van der Waals surface area (Å²) in [6.45, 7) is 8.04. The van der Waals surface area contributed by atoms with E-state index in [1.807, 2.05) is 24.8 Å². The quantitative estimate of drug-likeness (QED) is 0.556. The molecule has 94 valence electrons. The highest BCUT2D eigenvalue weighted by Crippen LogP contribution is 2.15. The summed E-state index contributed by atoms with van der Waals surface area (Å²) in [5.74, 6) is 2.70. The van der Waals surface area contributed by atoms with Crippen LogP contribution in [0.1, 0.15) is 39.9 Å². The van der Waals surface area contributed by atoms with E-state index in [9.17, 15) is 4.79 Å². The highest BCUT2D eigenvalue weighted by Gasteiger charge is 2.10. The summed E-state index contributed by atoms with van der Waals surface area (Å²) < 4.78 is 0. The minimum absolute atomic E-state index is 0.0671. The maximum atomic E-state index is 12.1. The number of hydrogen-bond acceptors (Lipinski definition) is 2. The molecular weight excluding hydrogens is 222 g/mol. The van der Waals surface area contributed by atoms with Crippen LogP contribution in [0.5, 0.6) is 0 Å². The topological polar surface area (TPSA) is 20.3 Å². The van der Waals surface area contributed by atoms with Gasteiger partial charge in [0.05, 0.1) is 0 Å². The summed E-state index contributed by atoms with van der Waals surface area (Å²) in [5.41, 5.74) is 4.12. The lowest BCUT2D eigenvalue weighted by Crippen LogP contribution is -2.12. The summed E-state index contributed by atoms with van der Waals surface area (Å²) >= 11 is 0. The molecule has 1 saturated heterocycles. The Kier molecular flexibility index (Phi) is 3.72. The van der Waals surface area contributed by atoms with Crippen molar-refractivity contribution in [3.8, 4) is 12.0 Å². The number of carbonyl (C=O) groups excluding carboxylic acids is 1. The molecule has 2 nitrogen and oxygen atoms in total. The number of Topliss-reactive ketones (excluding diaryl/α,β-unsaturated/α-hetero) is 1. The van der Waals surface area contributed by atoms with Crippen molar-refractivity contribution in [3.63, 3.8) is 0 Å². The second-order valence-electron chi connectivity index (χ2n) is 5.01. The molecule has 0 aromatic heterocycles. The van der Waals surface area contributed by atoms with Crippen molar-refractivity contribution < 1.29 is 4.79 Å². The predicted molar refractivity (Wildman–Crippen MR) is 73.6 cm³/mol. The van der Waals surface area contributed by atoms with E-state index in [4.69, 9.17) is 0 Å². The van der Waals surface area contributed by atoms with Crippen molar-refractivity contribution in [2.45, 2.75) is 33.6 Å². The SMILES string of the molecule is Cc1cc(C)c(C(=O)C#CN2CCCC2)cc1C. The van der Waals surface area contributed by atoms with Crippen LogP contribution >= 0.6 is 0 Å². The Morgan fingerprint density at radius 3 is 2.33 bits per heavy atom. The zero-order chi connectivity index (χ0) is 13.1. The molecule has 1 aromatic rings. The second kappa shape index (κ2) is 5.27. The van der Waals surface area contributed by atoms with Crippen LogP contribution in [0.3, 0.4) is 0 Å². The summed E-state index contributed by atoms with van der Waals surface area (Å²) in [7, 11) is 0. The molecule has 0 spiro atoms. The maximum Gasteiger partial charge on any atom is 0.237 e. The molecule has 2 heteroatoms. The zero-order valence-electron chi connectivity index (χ0n) is 11.3. The molecule has 0 radical (unpaired) electrons. The van der Waals surface area contributed by atoms with Gasteiger partial charge in [-0.25, -0.2) is 0 Å². The molecule has 0 atom stereocenters. The van der Waals surface area contributed by atoms with Gasteiger partial charge in [-0.05, 0) is 62.3 Å². The number of carbonyl (C=O) groups is 1. The molecule has 0 bridgehead atoms. The molecule has 0 unspecified atom stereocenters. The Labute approximate surface area is 109 Å². The first-order valence-corrected chi connectivity index (χ1v) is 6.46. The number of nitrogens with zero attached hydrogens (tertiary/aromatic N) is 1. The van der Waals surface area contributed by atoms with Gasteiger partial charge < -0.3 is 4.90 Å². The van der Waals surface area contributed by atoms with Gasteiger partial charge in [0.15, 0.2) is 0 Å². The highest BCUT2D eigenvalue weighted by atomic mass is 16.1. The Morgan fingerprint density at radius 2 is 1.67 bits per heavy atom. The van der Waals surface area contributed by atoms with E-state index in [0.717, 1.165) is 29.8 Å². The molecule has 0 aliphatic carbocycles. The third-order valence-electron chi connectivity index (χ3n) is 3.52. The van der Waals surface area contributed by atoms with Crippen molar-refractivity contribution in [1.29, 1.82) is 0 Å². The normalized spacial score (nSPS) is 14.3. The van der Waals surface area contributed by atoms with Gasteiger partial charge in [-0.15, -0.1) is 0 Å². The molecule has 1 fully saturated rings. The Bertz CT molecular complexity index is 528. The fourth-order valence-corrected chi connectivity index (χ4v) is 2.23. The van der Waals surface area contributed by atoms with Gasteiger partial charge in [0.1, 0.15) is 0 Å². The third kappa shape index (κ3) is 2.73. The standard InChI is InChI=1S/C16H19NO/c1-12-10-14(3)15(11-13(12)2)16(18)6-9-17-7-4-5-8-17/h10-11H,4-5,7-8H2,1-3H3. The summed E-state index contributed by atoms with van der Waals surface area (Å²) in [4.78, 5) is 14.1. The number of hydrogen-bond donors (Lipinski definition) is 0. The fourth-order valence-electron chi connectivity index (χ4n) is 2.23. The van der Waals surface area contributed by atoms with E-state index in [-0.39, 0.29) is 5.78 Å². The largest absolute Gasteiger partial charge is 0.332 e. The Balaban J connectivity index is 2.20.